The quantitative estimate of drug-likeness (QED) is 0.0194. The van der Waals surface area contributed by atoms with Gasteiger partial charge in [-0.15, -0.1) is 10.2 Å². The number of phenols is 2. The van der Waals surface area contributed by atoms with Gasteiger partial charge in [-0.2, -0.15) is 0 Å². The summed E-state index contributed by atoms with van der Waals surface area (Å²) >= 11 is 2.18. The maximum atomic E-state index is 14.0. The highest BCUT2D eigenvalue weighted by Gasteiger charge is 2.35. The number of carbonyl (C=O) groups excluding carboxylic acids is 9. The van der Waals surface area contributed by atoms with Gasteiger partial charge in [-0.25, -0.2) is 0 Å². The molecule has 2 aliphatic rings. The zero-order chi connectivity index (χ0) is 97.2. The van der Waals surface area contributed by atoms with Crippen molar-refractivity contribution >= 4 is 128 Å². The van der Waals surface area contributed by atoms with Crippen LogP contribution in [-0.2, 0) is 94.4 Å². The van der Waals surface area contributed by atoms with Gasteiger partial charge in [0.2, 0.25) is 53.1 Å². The number of unbranched alkanes of at least 4 members (excludes halogenated alkanes) is 1. The first-order valence-corrected chi connectivity index (χ1v) is 45.6. The third kappa shape index (κ3) is 37.9. The van der Waals surface area contributed by atoms with Crippen molar-refractivity contribution in [1.82, 2.24) is 86.4 Å². The number of aliphatic carboxylic acids is 7. The first-order chi connectivity index (χ1) is 63.4. The van der Waals surface area contributed by atoms with Crippen molar-refractivity contribution < 1.29 is 132 Å². The van der Waals surface area contributed by atoms with Gasteiger partial charge in [0.1, 0.15) is 48.3 Å². The Kier molecular flexibility index (Phi) is 45.5. The molecule has 3 aromatic carbocycles. The Morgan fingerprint density at radius 2 is 1.05 bits per heavy atom. The number of aryl methyl sites for hydroxylation is 2. The number of amides is 9. The van der Waals surface area contributed by atoms with E-state index in [4.69, 9.17) is 9.47 Å². The Hall–Kier alpha value is -12.0. The summed E-state index contributed by atoms with van der Waals surface area (Å²) in [6.45, 7) is 5.47. The van der Waals surface area contributed by atoms with Gasteiger partial charge in [0.25, 0.3) is 5.91 Å². The molecule has 44 nitrogen and oxygen atoms in total. The topological polar surface area (TPSA) is 622 Å². The largest absolute Gasteiger partial charge is 0.508 e. The average Bonchev–Trinajstić information content (AvgIpc) is 1.62. The second kappa shape index (κ2) is 56.1. The normalized spacial score (nSPS) is 15.1. The summed E-state index contributed by atoms with van der Waals surface area (Å²) in [5, 5.41) is 120. The Morgan fingerprint density at radius 3 is 1.61 bits per heavy atom. The van der Waals surface area contributed by atoms with Crippen LogP contribution in [0.4, 0.5) is 0 Å². The number of aromatic nitrogens is 4. The lowest BCUT2D eigenvalue weighted by atomic mass is 9.93. The van der Waals surface area contributed by atoms with E-state index in [1.54, 1.807) is 42.1 Å². The van der Waals surface area contributed by atoms with Gasteiger partial charge in [-0.05, 0) is 172 Å². The molecule has 7 rings (SSSR count). The molecule has 17 N–H and O–H groups in total. The van der Waals surface area contributed by atoms with Crippen LogP contribution in [0.2, 0.25) is 0 Å². The van der Waals surface area contributed by atoms with Crippen LogP contribution in [0.5, 0.6) is 11.5 Å². The number of hydrogen-bond acceptors (Lipinski definition) is 26. The average molecular weight is 1980 g/mol. The number of likely N-dealkylation sites (tertiary alicyclic amines) is 1. The van der Waals surface area contributed by atoms with Gasteiger partial charge >= 0.3 is 41.8 Å². The molecule has 2 saturated heterocycles. The van der Waals surface area contributed by atoms with E-state index in [0.29, 0.717) is 76.0 Å². The number of rotatable bonds is 56. The van der Waals surface area contributed by atoms with Gasteiger partial charge in [0.05, 0.1) is 50.7 Å². The molecule has 9 amide bonds. The van der Waals surface area contributed by atoms with Gasteiger partial charge in [0.15, 0.2) is 5.82 Å². The van der Waals surface area contributed by atoms with Crippen LogP contribution in [0.1, 0.15) is 158 Å². The fourth-order valence-electron chi connectivity index (χ4n) is 15.4. The number of benzene rings is 3. The number of carbonyl (C=O) groups is 16. The van der Waals surface area contributed by atoms with Gasteiger partial charge in [-0.3, -0.25) is 101 Å². The highest BCUT2D eigenvalue weighted by atomic mass is 127. The number of fused-ring (bicyclic) bond motifs is 1. The predicted molar refractivity (Wildman–Crippen MR) is 486 cm³/mol. The number of carboxylic acids is 7. The summed E-state index contributed by atoms with van der Waals surface area (Å²) in [5.74, 6) is -15.2. The molecule has 0 aliphatic carbocycles. The molecule has 730 valence electrons. The smallest absolute Gasteiger partial charge is 0.320 e. The number of halogens is 1. The lowest BCUT2D eigenvalue weighted by molar-refractivity contribution is -0.145. The van der Waals surface area contributed by atoms with E-state index in [1.807, 2.05) is 68.6 Å². The molecule has 0 unspecified atom stereocenters. The van der Waals surface area contributed by atoms with Gasteiger partial charge < -0.3 is 107 Å². The van der Waals surface area contributed by atoms with Crippen molar-refractivity contribution in [2.45, 2.75) is 179 Å². The maximum Gasteiger partial charge on any atom is 0.320 e. The molecule has 0 spiro atoms. The minimum absolute atomic E-state index is 0.00695. The molecular weight excluding hydrogens is 1850 g/mol. The van der Waals surface area contributed by atoms with Crippen LogP contribution < -0.4 is 42.5 Å². The number of hydrogen-bond donors (Lipinski definition) is 17. The van der Waals surface area contributed by atoms with Gasteiger partial charge in [-0.1, -0.05) is 26.0 Å². The standard InChI is InChI=1S/C88H124IN17O27/c1-4-90-87(129)82-99-98-81(62-49-61(55(2)3)69(107)50-70(62)108)106(82)60-15-19-67-58(48-60)29-36-103(67)33-26-57-27-34-105(35-28-57)74(112)25-31-92-84(126)64(16-22-75(113)114)96-86(128)66(18-24-77(117)118)97-85(127)65(17-23-76(115)116)95-73(111)54-133-47-46-132-45-32-93-83(125)63(94-72(110)10-7-8-56-11-13-59(89)14-12-56)9-5-6-30-91-71(109)21-20-68(88(130)131)104-43-41-101(52-79(121)122)39-37-100(51-78(119)120)38-40-102(42-44-104)53-80(123)124/h11-15,19,29,36,48-50,55,57,63-66,68,107-108H,4-10,16-18,20-28,30-35,37-47,51-54H2,1-3H3,(H,90,129)(H,91,109)(H,92,126)(H,93,125)(H,94,110)(H,95,111)(H,96,128)(H,97,127)(H,113,114)(H,115,116)(H,117,118)(H,119,120)(H,121,122)(H,123,124)(H,130,131)/t63-,64+,65+,66+,68+/m0/s1. The Labute approximate surface area is 781 Å². The summed E-state index contributed by atoms with van der Waals surface area (Å²) in [5.41, 5.74) is 3.31. The highest BCUT2D eigenvalue weighted by Crippen LogP contribution is 2.39. The van der Waals surface area contributed by atoms with Gasteiger partial charge in [0, 0.05) is 163 Å². The third-order valence-corrected chi connectivity index (χ3v) is 23.3. The lowest BCUT2D eigenvalue weighted by Crippen LogP contribution is -2.57. The van der Waals surface area contributed by atoms with E-state index in [2.05, 4.69) is 79.9 Å². The van der Waals surface area contributed by atoms with Crippen LogP contribution in [0.25, 0.3) is 28.0 Å². The molecule has 133 heavy (non-hydrogen) atoms. The lowest BCUT2D eigenvalue weighted by Gasteiger charge is -2.35. The molecule has 0 saturated carbocycles. The molecule has 2 fully saturated rings. The zero-order valence-electron chi connectivity index (χ0n) is 75.0. The van der Waals surface area contributed by atoms with Crippen molar-refractivity contribution in [3.8, 4) is 28.6 Å². The van der Waals surface area contributed by atoms with E-state index < -0.39 is 177 Å². The Morgan fingerprint density at radius 1 is 0.496 bits per heavy atom. The molecule has 5 aromatic rings. The van der Waals surface area contributed by atoms with E-state index in [-0.39, 0.29) is 177 Å². The monoisotopic (exact) mass is 1980 g/mol. The SMILES string of the molecule is CCNC(=O)c1nnc(-c2cc(C(C)C)c(O)cc2O)n1-c1ccc2c(ccn2CCC2CCN(C(=O)CCNC(=O)[C@@H](CCC(=O)O)NC(=O)[C@@H](CCC(=O)O)NC(=O)[C@@H](CCC(=O)O)NC(=O)COCCOCCNC(=O)[C@H](CCCCNC(=O)CC[C@H](C(=O)O)N3CCN(CC(=O)O)CCN(CC(=O)O)CCN(CC(=O)O)CC3)NC(=O)CCCc3ccc(I)cc3)CC2)c1. The van der Waals surface area contributed by atoms with Crippen LogP contribution >= 0.6 is 22.6 Å². The zero-order valence-corrected chi connectivity index (χ0v) is 77.1. The minimum atomic E-state index is -1.75. The van der Waals surface area contributed by atoms with Crippen LogP contribution in [0.3, 0.4) is 0 Å². The summed E-state index contributed by atoms with van der Waals surface area (Å²) < 4.78 is 15.8. The highest BCUT2D eigenvalue weighted by molar-refractivity contribution is 14.1. The van der Waals surface area contributed by atoms with Crippen molar-refractivity contribution in [3.05, 3.63) is 87.4 Å². The number of carboxylic acid groups (broad SMARTS) is 7. The summed E-state index contributed by atoms with van der Waals surface area (Å²) in [6.07, 6.45) is 1.76. The second-order valence-electron chi connectivity index (χ2n) is 32.9. The molecule has 2 aliphatic heterocycles. The van der Waals surface area contributed by atoms with E-state index in [9.17, 15) is 123 Å². The molecule has 2 aromatic heterocycles. The Bertz CT molecular complexity index is 4760. The maximum absolute atomic E-state index is 14.0. The second-order valence-corrected chi connectivity index (χ2v) is 34.2. The first kappa shape index (κ1) is 108. The number of nitrogens with one attached hydrogen (secondary N) is 8. The molecule has 0 bridgehead atoms. The fraction of sp³-hybridized carbons (Fsp3) is 0.568. The minimum Gasteiger partial charge on any atom is -0.508 e. The summed E-state index contributed by atoms with van der Waals surface area (Å²) in [7, 11) is 0. The number of aromatic hydroxyl groups is 2. The van der Waals surface area contributed by atoms with Crippen LogP contribution in [0.15, 0.2) is 66.9 Å². The number of nitrogens with zero attached hydrogens (tertiary/aromatic N) is 9. The van der Waals surface area contributed by atoms with Crippen LogP contribution in [-0.4, -0.2) is 353 Å². The molecule has 45 heteroatoms. The van der Waals surface area contributed by atoms with Crippen LogP contribution in [0, 0.1) is 9.49 Å². The predicted octanol–water partition coefficient (Wildman–Crippen LogP) is 1.61. The van der Waals surface area contributed by atoms with E-state index >= 15 is 0 Å². The molecular formula is C88H124IN17O27. The molecule has 0 radical (unpaired) electrons. The van der Waals surface area contributed by atoms with Crippen molar-refractivity contribution in [1.29, 1.82) is 0 Å². The van der Waals surface area contributed by atoms with Crippen molar-refractivity contribution in [3.63, 3.8) is 0 Å². The summed E-state index contributed by atoms with van der Waals surface area (Å²) in [6, 6.07) is 11.0. The van der Waals surface area contributed by atoms with Crippen molar-refractivity contribution in [2.24, 2.45) is 5.92 Å². The number of piperidine rings is 1. The summed E-state index contributed by atoms with van der Waals surface area (Å²) in [4.78, 5) is 213. The Balaban J connectivity index is 0.846. The number of phenolic OH excluding ortho intramolecular Hbond substituents is 2. The van der Waals surface area contributed by atoms with E-state index in [1.165, 1.54) is 6.07 Å². The first-order valence-electron chi connectivity index (χ1n) is 44.5. The van der Waals surface area contributed by atoms with Crippen molar-refractivity contribution in [2.75, 3.05) is 138 Å². The fourth-order valence-corrected chi connectivity index (χ4v) is 15.8. The number of ether oxygens (including phenoxy) is 2. The molecule has 5 atom stereocenters. The van der Waals surface area contributed by atoms with E-state index in [0.717, 1.165) is 26.5 Å². The third-order valence-electron chi connectivity index (χ3n) is 22.6. The molecule has 4 heterocycles.